The van der Waals surface area contributed by atoms with Gasteiger partial charge in [0, 0.05) is 12.5 Å². The monoisotopic (exact) mass is 141 g/mol. The topological polar surface area (TPSA) is 26.3 Å². The fourth-order valence-corrected chi connectivity index (χ4v) is 0.459. The standard InChI is InChI=1S/C8H13O2/c1-3-5-7-10-8(9)6-4-2/h4,6H,1,3,5,7H2,2H3/q+1/b6-4+. The van der Waals surface area contributed by atoms with Crippen molar-refractivity contribution in [3.8, 4) is 0 Å². The maximum absolute atomic E-state index is 10.6. The van der Waals surface area contributed by atoms with Crippen LogP contribution >= 0.6 is 0 Å². The van der Waals surface area contributed by atoms with E-state index in [2.05, 4.69) is 6.92 Å². The molecule has 2 nitrogen and oxygen atoms in total. The van der Waals surface area contributed by atoms with E-state index in [-0.39, 0.29) is 5.97 Å². The van der Waals surface area contributed by atoms with Crippen LogP contribution in [0.3, 0.4) is 0 Å². The first-order chi connectivity index (χ1) is 4.81. The van der Waals surface area contributed by atoms with Gasteiger partial charge >= 0.3 is 5.97 Å². The van der Waals surface area contributed by atoms with E-state index < -0.39 is 0 Å². The van der Waals surface area contributed by atoms with Crippen LogP contribution in [-0.4, -0.2) is 12.6 Å². The van der Waals surface area contributed by atoms with E-state index in [0.29, 0.717) is 6.61 Å². The van der Waals surface area contributed by atoms with E-state index in [0.717, 1.165) is 12.8 Å². The molecule has 0 saturated heterocycles. The van der Waals surface area contributed by atoms with Crippen LogP contribution in [0.1, 0.15) is 19.8 Å². The fraction of sp³-hybridized carbons (Fsp3) is 0.500. The zero-order chi connectivity index (χ0) is 7.82. The van der Waals surface area contributed by atoms with Gasteiger partial charge < -0.3 is 4.74 Å². The van der Waals surface area contributed by atoms with E-state index in [9.17, 15) is 4.79 Å². The van der Waals surface area contributed by atoms with Gasteiger partial charge in [0.25, 0.3) is 0 Å². The van der Waals surface area contributed by atoms with Gasteiger partial charge in [0.1, 0.15) is 0 Å². The molecule has 0 heterocycles. The lowest BCUT2D eigenvalue weighted by atomic mass is 10.4. The Bertz CT molecular complexity index is 116. The summed E-state index contributed by atoms with van der Waals surface area (Å²) >= 11 is 0. The highest BCUT2D eigenvalue weighted by molar-refractivity contribution is 5.81. The molecule has 56 valence electrons. The molecule has 0 bridgehead atoms. The normalized spacial score (nSPS) is 10.1. The van der Waals surface area contributed by atoms with Crippen molar-refractivity contribution in [2.24, 2.45) is 0 Å². The summed E-state index contributed by atoms with van der Waals surface area (Å²) in [5.41, 5.74) is 0. The number of carbonyl (C=O) groups is 1. The Balaban J connectivity index is 3.22. The second-order valence-corrected chi connectivity index (χ2v) is 1.87. The van der Waals surface area contributed by atoms with Gasteiger partial charge in [0.05, 0.1) is 20.0 Å². The van der Waals surface area contributed by atoms with Crippen LogP contribution in [-0.2, 0) is 9.53 Å². The fourth-order valence-electron chi connectivity index (χ4n) is 0.459. The second-order valence-electron chi connectivity index (χ2n) is 1.87. The first-order valence-electron chi connectivity index (χ1n) is 3.40. The Labute approximate surface area is 61.9 Å². The van der Waals surface area contributed by atoms with Gasteiger partial charge in [0.15, 0.2) is 0 Å². The van der Waals surface area contributed by atoms with Crippen LogP contribution in [0, 0.1) is 6.92 Å². The maximum Gasteiger partial charge on any atom is 0.330 e. The second kappa shape index (κ2) is 6.20. The van der Waals surface area contributed by atoms with Crippen molar-refractivity contribution >= 4 is 5.97 Å². The molecule has 10 heavy (non-hydrogen) atoms. The Kier molecular flexibility index (Phi) is 5.63. The molecular formula is C8H13O2+. The SMILES string of the molecule is [CH2+]CCCOC(=O)/C=C/C. The smallest absolute Gasteiger partial charge is 0.330 e. The van der Waals surface area contributed by atoms with Gasteiger partial charge in [-0.15, -0.1) is 0 Å². The average molecular weight is 141 g/mol. The molecule has 2 heteroatoms. The molecule has 0 unspecified atom stereocenters. The first-order valence-corrected chi connectivity index (χ1v) is 3.40. The lowest BCUT2D eigenvalue weighted by Crippen LogP contribution is -2.01. The highest BCUT2D eigenvalue weighted by Gasteiger charge is 1.94. The number of hydrogen-bond acceptors (Lipinski definition) is 2. The Morgan fingerprint density at radius 3 is 2.90 bits per heavy atom. The van der Waals surface area contributed by atoms with E-state index in [1.54, 1.807) is 13.0 Å². The van der Waals surface area contributed by atoms with Crippen LogP contribution in [0.15, 0.2) is 12.2 Å². The minimum Gasteiger partial charge on any atom is -0.462 e. The van der Waals surface area contributed by atoms with E-state index >= 15 is 0 Å². The number of carbonyl (C=O) groups excluding carboxylic acids is 1. The Hall–Kier alpha value is -0.920. The van der Waals surface area contributed by atoms with Gasteiger partial charge in [-0.1, -0.05) is 6.08 Å². The summed E-state index contributed by atoms with van der Waals surface area (Å²) in [5, 5.41) is 0. The largest absolute Gasteiger partial charge is 0.462 e. The van der Waals surface area contributed by atoms with Crippen molar-refractivity contribution in [3.63, 3.8) is 0 Å². The maximum atomic E-state index is 10.6. The highest BCUT2D eigenvalue weighted by atomic mass is 16.5. The summed E-state index contributed by atoms with van der Waals surface area (Å²) in [6.07, 6.45) is 4.71. The molecule has 0 radical (unpaired) electrons. The molecule has 0 atom stereocenters. The molecule has 0 aliphatic heterocycles. The number of esters is 1. The molecule has 0 saturated carbocycles. The summed E-state index contributed by atoms with van der Waals surface area (Å²) in [5.74, 6) is -0.268. The highest BCUT2D eigenvalue weighted by Crippen LogP contribution is 1.88. The molecule has 0 rings (SSSR count). The summed E-state index contributed by atoms with van der Waals surface area (Å²) in [6, 6.07) is 0. The summed E-state index contributed by atoms with van der Waals surface area (Å²) < 4.78 is 4.76. The van der Waals surface area contributed by atoms with E-state index in [1.807, 2.05) is 0 Å². The van der Waals surface area contributed by atoms with Crippen LogP contribution in [0.4, 0.5) is 0 Å². The predicted molar refractivity (Wildman–Crippen MR) is 40.4 cm³/mol. The quantitative estimate of drug-likeness (QED) is 0.258. The minimum atomic E-state index is -0.268. The molecule has 0 aromatic rings. The third kappa shape index (κ3) is 5.22. The molecule has 0 amide bonds. The predicted octanol–water partition coefficient (Wildman–Crippen LogP) is 1.72. The van der Waals surface area contributed by atoms with Crippen LogP contribution in [0.5, 0.6) is 0 Å². The van der Waals surface area contributed by atoms with Gasteiger partial charge in [0.2, 0.25) is 0 Å². The molecule has 0 aromatic carbocycles. The summed E-state index contributed by atoms with van der Waals surface area (Å²) in [6.45, 7) is 5.88. The van der Waals surface area contributed by atoms with Crippen molar-refractivity contribution in [2.45, 2.75) is 19.8 Å². The molecule has 0 fully saturated rings. The van der Waals surface area contributed by atoms with Crippen molar-refractivity contribution in [1.29, 1.82) is 0 Å². The lowest BCUT2D eigenvalue weighted by molar-refractivity contribution is -0.137. The Morgan fingerprint density at radius 2 is 2.40 bits per heavy atom. The summed E-state index contributed by atoms with van der Waals surface area (Å²) in [7, 11) is 0. The van der Waals surface area contributed by atoms with Gasteiger partial charge in [-0.25, -0.2) is 4.79 Å². The molecule has 0 aliphatic rings. The summed E-state index contributed by atoms with van der Waals surface area (Å²) in [4.78, 5) is 10.6. The zero-order valence-corrected chi connectivity index (χ0v) is 6.30. The number of unbranched alkanes of at least 4 members (excludes halogenated alkanes) is 1. The van der Waals surface area contributed by atoms with E-state index in [1.165, 1.54) is 6.08 Å². The van der Waals surface area contributed by atoms with Gasteiger partial charge in [-0.3, -0.25) is 0 Å². The van der Waals surface area contributed by atoms with Gasteiger partial charge in [-0.05, 0) is 6.92 Å². The third-order valence-electron chi connectivity index (χ3n) is 0.941. The number of hydrogen-bond donors (Lipinski definition) is 0. The lowest BCUT2D eigenvalue weighted by Gasteiger charge is -1.96. The molecule has 0 N–H and O–H groups in total. The molecule has 0 aromatic heterocycles. The number of allylic oxidation sites excluding steroid dienone is 1. The number of ether oxygens (including phenoxy) is 1. The van der Waals surface area contributed by atoms with Crippen molar-refractivity contribution in [1.82, 2.24) is 0 Å². The van der Waals surface area contributed by atoms with Crippen molar-refractivity contribution < 1.29 is 9.53 Å². The molecule has 0 aliphatic carbocycles. The third-order valence-corrected chi connectivity index (χ3v) is 0.941. The number of rotatable bonds is 4. The first kappa shape index (κ1) is 9.08. The van der Waals surface area contributed by atoms with Gasteiger partial charge in [-0.2, -0.15) is 0 Å². The van der Waals surface area contributed by atoms with Crippen molar-refractivity contribution in [2.75, 3.05) is 6.61 Å². The molecular weight excluding hydrogens is 128 g/mol. The minimum absolute atomic E-state index is 0.268. The van der Waals surface area contributed by atoms with Crippen molar-refractivity contribution in [3.05, 3.63) is 19.1 Å². The van der Waals surface area contributed by atoms with Crippen LogP contribution in [0.25, 0.3) is 0 Å². The average Bonchev–Trinajstić information content (AvgIpc) is 1.89. The van der Waals surface area contributed by atoms with Crippen LogP contribution < -0.4 is 0 Å². The Morgan fingerprint density at radius 1 is 1.70 bits per heavy atom. The van der Waals surface area contributed by atoms with Crippen LogP contribution in [0.2, 0.25) is 0 Å². The van der Waals surface area contributed by atoms with E-state index in [4.69, 9.17) is 4.74 Å². The molecule has 0 spiro atoms. The zero-order valence-electron chi connectivity index (χ0n) is 6.30.